The van der Waals surface area contributed by atoms with Crippen LogP contribution in [0, 0.1) is 62.6 Å². The Hall–Kier alpha value is -3.09. The molecule has 1 aromatic carbocycles. The van der Waals surface area contributed by atoms with E-state index in [4.69, 9.17) is 20.1 Å². The third-order valence-electron chi connectivity index (χ3n) is 18.8. The maximum absolute atomic E-state index is 14.0. The van der Waals surface area contributed by atoms with Crippen LogP contribution in [-0.4, -0.2) is 41.0 Å². The fourth-order valence-electron chi connectivity index (χ4n) is 14.9. The first kappa shape index (κ1) is 42.0. The lowest BCUT2D eigenvalue weighted by Crippen LogP contribution is -2.69. The molecule has 0 saturated heterocycles. The zero-order valence-electron chi connectivity index (χ0n) is 36.4. The third kappa shape index (κ3) is 6.27. The summed E-state index contributed by atoms with van der Waals surface area (Å²) in [7, 11) is 0. The molecular weight excluding hydrogens is 713 g/mol. The number of carbonyl (C=O) groups is 3. The summed E-state index contributed by atoms with van der Waals surface area (Å²) in [5.74, 6) is 2.08. The fraction of sp³-hybridized carbons (Fsp3) is 0.755. The van der Waals surface area contributed by atoms with Crippen molar-refractivity contribution in [2.24, 2.45) is 68.3 Å². The number of hydrogen-bond donors (Lipinski definition) is 2. The average Bonchev–Trinajstić information content (AvgIpc) is 3.42. The summed E-state index contributed by atoms with van der Waals surface area (Å²) in [4.78, 5) is 58.0. The number of ketones is 1. The van der Waals surface area contributed by atoms with E-state index in [0.717, 1.165) is 89.0 Å². The van der Waals surface area contributed by atoms with E-state index < -0.39 is 11.1 Å². The van der Waals surface area contributed by atoms with Crippen molar-refractivity contribution in [3.63, 3.8) is 0 Å². The SMILES string of the molecule is CC(C)C1=C2[C@H]3CC[C@@H]4[C@@]5(C)CC[C@H](OC(=O)[C@H]6C[C@@H](Cc7ccccc7)C6(C)C)C(C)(C)[C@@H]5CC[C@@]4(C)[C@]3(C)CC[C@@]2(NC(=O)C2(N)CCC2)CC1=O.O=C=O. The van der Waals surface area contributed by atoms with Crippen LogP contribution in [0.1, 0.15) is 151 Å². The summed E-state index contributed by atoms with van der Waals surface area (Å²) in [5, 5.41) is 3.52. The zero-order valence-corrected chi connectivity index (χ0v) is 36.4. The van der Waals surface area contributed by atoms with E-state index in [1.54, 1.807) is 0 Å². The molecule has 10 atom stereocenters. The Morgan fingerprint density at radius 3 is 2.11 bits per heavy atom. The van der Waals surface area contributed by atoms with Gasteiger partial charge in [0.05, 0.1) is 17.0 Å². The molecule has 8 heteroatoms. The Morgan fingerprint density at radius 2 is 1.51 bits per heavy atom. The maximum atomic E-state index is 14.0. The first-order chi connectivity index (χ1) is 26.6. The van der Waals surface area contributed by atoms with Crippen molar-refractivity contribution in [1.82, 2.24) is 5.32 Å². The molecule has 8 nitrogen and oxygen atoms in total. The van der Waals surface area contributed by atoms with Crippen LogP contribution in [0.2, 0.25) is 0 Å². The molecule has 0 aromatic heterocycles. The van der Waals surface area contributed by atoms with Gasteiger partial charge in [-0.05, 0) is 151 Å². The van der Waals surface area contributed by atoms with E-state index in [0.29, 0.717) is 24.2 Å². The van der Waals surface area contributed by atoms with Gasteiger partial charge in [-0.3, -0.25) is 14.4 Å². The van der Waals surface area contributed by atoms with Crippen molar-refractivity contribution in [3.05, 3.63) is 47.0 Å². The number of fused-ring (bicyclic) bond motifs is 7. The summed E-state index contributed by atoms with van der Waals surface area (Å²) in [6, 6.07) is 10.7. The van der Waals surface area contributed by atoms with Crippen LogP contribution in [0.25, 0.3) is 0 Å². The highest BCUT2D eigenvalue weighted by Crippen LogP contribution is 2.76. The molecule has 0 bridgehead atoms. The number of allylic oxidation sites excluding steroid dienone is 1. The van der Waals surface area contributed by atoms with Gasteiger partial charge in [0.2, 0.25) is 5.91 Å². The average molecular weight is 783 g/mol. The number of hydrogen-bond acceptors (Lipinski definition) is 7. The molecule has 0 aliphatic heterocycles. The van der Waals surface area contributed by atoms with Gasteiger partial charge in [0, 0.05) is 11.8 Å². The van der Waals surface area contributed by atoms with Crippen molar-refractivity contribution in [3.8, 4) is 0 Å². The molecule has 6 fully saturated rings. The number of esters is 1. The lowest BCUT2D eigenvalue weighted by molar-refractivity contribution is -0.235. The summed E-state index contributed by atoms with van der Waals surface area (Å²) < 4.78 is 6.66. The number of ether oxygens (including phenoxy) is 1. The van der Waals surface area contributed by atoms with Gasteiger partial charge in [0.1, 0.15) is 6.10 Å². The van der Waals surface area contributed by atoms with Crippen molar-refractivity contribution < 1.29 is 28.7 Å². The van der Waals surface area contributed by atoms with E-state index >= 15 is 0 Å². The van der Waals surface area contributed by atoms with Crippen molar-refractivity contribution in [2.45, 2.75) is 169 Å². The summed E-state index contributed by atoms with van der Waals surface area (Å²) in [5.41, 5.74) is 8.92. The predicted octanol–water partition coefficient (Wildman–Crippen LogP) is 8.95. The molecule has 0 unspecified atom stereocenters. The highest BCUT2D eigenvalue weighted by Gasteiger charge is 2.71. The van der Waals surface area contributed by atoms with E-state index in [-0.39, 0.29) is 74.7 Å². The van der Waals surface area contributed by atoms with Gasteiger partial charge in [-0.15, -0.1) is 0 Å². The van der Waals surface area contributed by atoms with Gasteiger partial charge in [-0.1, -0.05) is 92.6 Å². The molecule has 57 heavy (non-hydrogen) atoms. The van der Waals surface area contributed by atoms with Gasteiger partial charge in [0.15, 0.2) is 5.78 Å². The number of carbonyl (C=O) groups excluding carboxylic acids is 5. The summed E-state index contributed by atoms with van der Waals surface area (Å²) in [6.07, 6.45) is 13.3. The molecule has 7 aliphatic carbocycles. The van der Waals surface area contributed by atoms with Crippen LogP contribution in [0.15, 0.2) is 41.5 Å². The van der Waals surface area contributed by atoms with E-state index in [2.05, 4.69) is 98.0 Å². The van der Waals surface area contributed by atoms with Gasteiger partial charge in [0.25, 0.3) is 0 Å². The number of Topliss-reactive ketones (excluding diaryl/α,β-unsaturated/α-hetero) is 1. The third-order valence-corrected chi connectivity index (χ3v) is 18.8. The predicted molar refractivity (Wildman–Crippen MR) is 219 cm³/mol. The van der Waals surface area contributed by atoms with Crippen molar-refractivity contribution in [1.29, 1.82) is 0 Å². The standard InChI is InChI=1S/C48H70N2O4.CO2/c1-29(2)38-34(51)28-48(50-41(53)47(49)20-13-21-47)25-24-45(8)32(39(38)48)16-17-36-44(7)22-19-37(43(5,6)35(44)18-23-46(36,45)9)54-40(52)33-27-31(42(33,3)4)26-30-14-11-10-12-15-30;2-1-3/h10-12,14-15,29,31-33,35-37H,13,16-28,49H2,1-9H3,(H,50,53);/t31-,32-,33-,35+,36-,37+,44+,45-,46-,48-;/m1./s1. The molecule has 8 rings (SSSR count). The molecule has 6 saturated carbocycles. The normalized spacial score (nSPS) is 40.6. The summed E-state index contributed by atoms with van der Waals surface area (Å²) >= 11 is 0. The molecule has 0 heterocycles. The first-order valence-corrected chi connectivity index (χ1v) is 22.3. The largest absolute Gasteiger partial charge is 0.462 e. The fourth-order valence-corrected chi connectivity index (χ4v) is 14.9. The molecule has 3 N–H and O–H groups in total. The molecule has 0 radical (unpaired) electrons. The Kier molecular flexibility index (Phi) is 10.5. The second kappa shape index (κ2) is 14.3. The van der Waals surface area contributed by atoms with Crippen molar-refractivity contribution in [2.75, 3.05) is 0 Å². The van der Waals surface area contributed by atoms with Crippen LogP contribution >= 0.6 is 0 Å². The number of nitrogens with one attached hydrogen (secondary N) is 1. The zero-order chi connectivity index (χ0) is 41.6. The minimum atomic E-state index is -0.792. The van der Waals surface area contributed by atoms with E-state index in [9.17, 15) is 14.4 Å². The number of rotatable bonds is 7. The van der Waals surface area contributed by atoms with Crippen LogP contribution in [0.3, 0.4) is 0 Å². The highest BCUT2D eigenvalue weighted by atomic mass is 16.5. The van der Waals surface area contributed by atoms with Gasteiger partial charge < -0.3 is 15.8 Å². The van der Waals surface area contributed by atoms with Crippen LogP contribution in [0.5, 0.6) is 0 Å². The Labute approximate surface area is 341 Å². The van der Waals surface area contributed by atoms with Gasteiger partial charge in [-0.2, -0.15) is 9.59 Å². The van der Waals surface area contributed by atoms with E-state index in [1.807, 2.05) is 0 Å². The lowest BCUT2D eigenvalue weighted by atomic mass is 9.33. The van der Waals surface area contributed by atoms with Crippen LogP contribution in [0.4, 0.5) is 0 Å². The molecule has 312 valence electrons. The van der Waals surface area contributed by atoms with Gasteiger partial charge in [-0.25, -0.2) is 0 Å². The molecular formula is C49H70N2O6. The Morgan fingerprint density at radius 1 is 0.842 bits per heavy atom. The van der Waals surface area contributed by atoms with Gasteiger partial charge >= 0.3 is 12.1 Å². The Bertz CT molecular complexity index is 1840. The number of nitrogens with two attached hydrogens (primary N) is 1. The second-order valence-corrected chi connectivity index (χ2v) is 22.1. The second-order valence-electron chi connectivity index (χ2n) is 22.1. The summed E-state index contributed by atoms with van der Waals surface area (Å²) in [6.45, 7) is 21.4. The smallest absolute Gasteiger partial charge is 0.373 e. The van der Waals surface area contributed by atoms with Crippen LogP contribution in [-0.2, 0) is 35.1 Å². The highest BCUT2D eigenvalue weighted by molar-refractivity contribution is 6.02. The maximum Gasteiger partial charge on any atom is 0.373 e. The number of amides is 1. The minimum absolute atomic E-state index is 0.0225. The number of benzene rings is 1. The topological polar surface area (TPSA) is 133 Å². The minimum Gasteiger partial charge on any atom is -0.462 e. The molecule has 0 spiro atoms. The molecule has 7 aliphatic rings. The van der Waals surface area contributed by atoms with Crippen LogP contribution < -0.4 is 11.1 Å². The first-order valence-electron chi connectivity index (χ1n) is 22.3. The quantitative estimate of drug-likeness (QED) is 0.264. The monoisotopic (exact) mass is 783 g/mol. The van der Waals surface area contributed by atoms with Crippen molar-refractivity contribution >= 4 is 23.8 Å². The Balaban J connectivity index is 0.00000160. The molecule has 1 aromatic rings. The van der Waals surface area contributed by atoms with E-state index in [1.165, 1.54) is 11.1 Å². The molecule has 1 amide bonds. The lowest BCUT2D eigenvalue weighted by Gasteiger charge is -2.72.